The number of Topliss-reactive ketones (excluding diaryl/α,β-unsaturated/α-hetero) is 1. The molecular formula is C19H22N2O2. The van der Waals surface area contributed by atoms with Gasteiger partial charge >= 0.3 is 0 Å². The lowest BCUT2D eigenvalue weighted by Gasteiger charge is -2.17. The van der Waals surface area contributed by atoms with Gasteiger partial charge in [0.25, 0.3) is 0 Å². The van der Waals surface area contributed by atoms with Gasteiger partial charge < -0.3 is 4.90 Å². The molecule has 0 unspecified atom stereocenters. The van der Waals surface area contributed by atoms with E-state index in [9.17, 15) is 9.59 Å². The molecule has 0 radical (unpaired) electrons. The van der Waals surface area contributed by atoms with Crippen LogP contribution >= 0.6 is 0 Å². The monoisotopic (exact) mass is 310 g/mol. The number of carbonyl (C=O) groups is 2. The third kappa shape index (κ3) is 5.66. The van der Waals surface area contributed by atoms with Crippen molar-refractivity contribution in [2.24, 2.45) is 0 Å². The Morgan fingerprint density at radius 3 is 2.39 bits per heavy atom. The lowest BCUT2D eigenvalue weighted by Crippen LogP contribution is -2.28. The fraction of sp³-hybridized carbons (Fsp3) is 0.316. The predicted molar refractivity (Wildman–Crippen MR) is 90.2 cm³/mol. The summed E-state index contributed by atoms with van der Waals surface area (Å²) in [6, 6.07) is 13.1. The van der Waals surface area contributed by atoms with E-state index >= 15 is 0 Å². The number of ketones is 1. The Labute approximate surface area is 137 Å². The molecule has 0 aliphatic heterocycles. The maximum absolute atomic E-state index is 12.1. The van der Waals surface area contributed by atoms with Crippen LogP contribution in [0.4, 0.5) is 0 Å². The summed E-state index contributed by atoms with van der Waals surface area (Å²) in [5.41, 5.74) is 1.88. The van der Waals surface area contributed by atoms with Crippen LogP contribution in [0.3, 0.4) is 0 Å². The first-order valence-corrected chi connectivity index (χ1v) is 7.88. The van der Waals surface area contributed by atoms with Gasteiger partial charge in [-0.25, -0.2) is 0 Å². The van der Waals surface area contributed by atoms with Crippen LogP contribution < -0.4 is 0 Å². The highest BCUT2D eigenvalue weighted by Crippen LogP contribution is 2.08. The zero-order valence-electron chi connectivity index (χ0n) is 13.4. The number of nitrogens with zero attached hydrogens (tertiary/aromatic N) is 2. The van der Waals surface area contributed by atoms with Crippen molar-refractivity contribution in [1.82, 2.24) is 9.88 Å². The Morgan fingerprint density at radius 2 is 1.70 bits per heavy atom. The van der Waals surface area contributed by atoms with Crippen LogP contribution in [0.1, 0.15) is 35.2 Å². The maximum atomic E-state index is 12.1. The lowest BCUT2D eigenvalue weighted by molar-refractivity contribution is -0.129. The van der Waals surface area contributed by atoms with Crippen LogP contribution in [0.25, 0.3) is 0 Å². The first-order chi connectivity index (χ1) is 11.2. The highest BCUT2D eigenvalue weighted by molar-refractivity contribution is 5.96. The zero-order valence-corrected chi connectivity index (χ0v) is 13.4. The third-order valence-corrected chi connectivity index (χ3v) is 3.80. The largest absolute Gasteiger partial charge is 0.345 e. The highest BCUT2D eigenvalue weighted by Gasteiger charge is 2.11. The molecule has 1 heterocycles. The number of likely N-dealkylation sites (N-methyl/N-ethyl adjacent to an activating group) is 1. The summed E-state index contributed by atoms with van der Waals surface area (Å²) in [4.78, 5) is 29.8. The molecule has 2 rings (SSSR count). The summed E-state index contributed by atoms with van der Waals surface area (Å²) < 4.78 is 0. The molecule has 4 nitrogen and oxygen atoms in total. The van der Waals surface area contributed by atoms with E-state index in [1.165, 1.54) is 5.56 Å². The minimum absolute atomic E-state index is 0.0833. The molecule has 2 aromatic rings. The third-order valence-electron chi connectivity index (χ3n) is 3.80. The van der Waals surface area contributed by atoms with Crippen molar-refractivity contribution < 1.29 is 9.59 Å². The molecule has 0 saturated carbocycles. The smallest absolute Gasteiger partial charge is 0.222 e. The standard InChI is InChI=1S/C19H22N2O2/c1-21(15-12-16-10-13-20-14-11-16)19(23)9-5-8-18(22)17-6-3-2-4-7-17/h2-4,6-7,10-11,13-14H,5,8-9,12,15H2,1H3. The van der Waals surface area contributed by atoms with Gasteiger partial charge in [-0.1, -0.05) is 30.3 Å². The zero-order chi connectivity index (χ0) is 16.5. The first-order valence-electron chi connectivity index (χ1n) is 7.88. The molecule has 0 atom stereocenters. The van der Waals surface area contributed by atoms with Crippen molar-refractivity contribution in [2.75, 3.05) is 13.6 Å². The number of carbonyl (C=O) groups excluding carboxylic acids is 2. The molecule has 0 bridgehead atoms. The van der Waals surface area contributed by atoms with Gasteiger partial charge in [0.1, 0.15) is 0 Å². The number of aromatic nitrogens is 1. The van der Waals surface area contributed by atoms with Crippen LogP contribution in [0.2, 0.25) is 0 Å². The molecule has 0 fully saturated rings. The molecule has 0 saturated heterocycles. The van der Waals surface area contributed by atoms with Gasteiger partial charge in [0.2, 0.25) is 5.91 Å². The van der Waals surface area contributed by atoms with E-state index < -0.39 is 0 Å². The molecule has 0 aliphatic rings. The Hall–Kier alpha value is -2.49. The van der Waals surface area contributed by atoms with Gasteiger partial charge in [-0.15, -0.1) is 0 Å². The minimum Gasteiger partial charge on any atom is -0.345 e. The summed E-state index contributed by atoms with van der Waals surface area (Å²) >= 11 is 0. The van der Waals surface area contributed by atoms with E-state index in [0.29, 0.717) is 31.4 Å². The molecule has 23 heavy (non-hydrogen) atoms. The number of benzene rings is 1. The van der Waals surface area contributed by atoms with E-state index in [1.54, 1.807) is 17.3 Å². The fourth-order valence-corrected chi connectivity index (χ4v) is 2.33. The fourth-order valence-electron chi connectivity index (χ4n) is 2.33. The molecule has 1 amide bonds. The average Bonchev–Trinajstić information content (AvgIpc) is 2.61. The first kappa shape index (κ1) is 16.9. The van der Waals surface area contributed by atoms with Crippen molar-refractivity contribution in [3.05, 3.63) is 66.0 Å². The summed E-state index contributed by atoms with van der Waals surface area (Å²) in [6.45, 7) is 0.676. The SMILES string of the molecule is CN(CCc1ccncc1)C(=O)CCCC(=O)c1ccccc1. The van der Waals surface area contributed by atoms with E-state index in [2.05, 4.69) is 4.98 Å². The molecule has 0 N–H and O–H groups in total. The Kier molecular flexibility index (Phi) is 6.48. The van der Waals surface area contributed by atoms with Gasteiger partial charge in [-0.2, -0.15) is 0 Å². The number of rotatable bonds is 8. The number of pyridine rings is 1. The molecule has 120 valence electrons. The second-order valence-electron chi connectivity index (χ2n) is 5.56. The predicted octanol–water partition coefficient (Wildman–Crippen LogP) is 3.14. The van der Waals surface area contributed by atoms with Crippen LogP contribution in [0, 0.1) is 0 Å². The Morgan fingerprint density at radius 1 is 1.00 bits per heavy atom. The topological polar surface area (TPSA) is 50.3 Å². The average molecular weight is 310 g/mol. The molecular weight excluding hydrogens is 288 g/mol. The number of amides is 1. The van der Waals surface area contributed by atoms with Gasteiger partial charge in [0.15, 0.2) is 5.78 Å². The highest BCUT2D eigenvalue weighted by atomic mass is 16.2. The van der Waals surface area contributed by atoms with Crippen molar-refractivity contribution in [3.63, 3.8) is 0 Å². The normalized spacial score (nSPS) is 10.3. The second kappa shape index (κ2) is 8.83. The lowest BCUT2D eigenvalue weighted by atomic mass is 10.1. The quantitative estimate of drug-likeness (QED) is 0.704. The number of hydrogen-bond acceptors (Lipinski definition) is 3. The van der Waals surface area contributed by atoms with Gasteiger partial charge in [0.05, 0.1) is 0 Å². The van der Waals surface area contributed by atoms with Gasteiger partial charge in [0, 0.05) is 44.4 Å². The summed E-state index contributed by atoms with van der Waals surface area (Å²) in [5.74, 6) is 0.178. The van der Waals surface area contributed by atoms with E-state index in [-0.39, 0.29) is 11.7 Å². The van der Waals surface area contributed by atoms with E-state index in [4.69, 9.17) is 0 Å². The maximum Gasteiger partial charge on any atom is 0.222 e. The number of hydrogen-bond donors (Lipinski definition) is 0. The van der Waals surface area contributed by atoms with Crippen LogP contribution in [0.15, 0.2) is 54.9 Å². The molecule has 0 aliphatic carbocycles. The minimum atomic E-state index is 0.0833. The van der Waals surface area contributed by atoms with E-state index in [1.807, 2.05) is 49.5 Å². The van der Waals surface area contributed by atoms with Gasteiger partial charge in [-0.3, -0.25) is 14.6 Å². The Bertz CT molecular complexity index is 626. The van der Waals surface area contributed by atoms with Crippen LogP contribution in [-0.4, -0.2) is 35.2 Å². The molecule has 1 aromatic heterocycles. The van der Waals surface area contributed by atoms with Gasteiger partial charge in [-0.05, 0) is 30.5 Å². The van der Waals surface area contributed by atoms with Crippen molar-refractivity contribution in [3.8, 4) is 0 Å². The Balaban J connectivity index is 1.69. The molecule has 0 spiro atoms. The van der Waals surface area contributed by atoms with Crippen molar-refractivity contribution in [2.45, 2.75) is 25.7 Å². The van der Waals surface area contributed by atoms with Crippen LogP contribution in [0.5, 0.6) is 0 Å². The van der Waals surface area contributed by atoms with Crippen molar-refractivity contribution in [1.29, 1.82) is 0 Å². The summed E-state index contributed by atoms with van der Waals surface area (Å²) in [7, 11) is 1.81. The second-order valence-corrected chi connectivity index (χ2v) is 5.56. The van der Waals surface area contributed by atoms with Crippen molar-refractivity contribution >= 4 is 11.7 Å². The van der Waals surface area contributed by atoms with Crippen LogP contribution in [-0.2, 0) is 11.2 Å². The molecule has 1 aromatic carbocycles. The summed E-state index contributed by atoms with van der Waals surface area (Å²) in [5, 5.41) is 0. The molecule has 4 heteroatoms. The van der Waals surface area contributed by atoms with E-state index in [0.717, 1.165) is 6.42 Å². The summed E-state index contributed by atoms with van der Waals surface area (Å²) in [6.07, 6.45) is 5.73.